The fraction of sp³-hybridized carbons (Fsp3) is 0.543. The molecule has 2 atom stereocenters. The predicted molar refractivity (Wildman–Crippen MR) is 189 cm³/mol. The summed E-state index contributed by atoms with van der Waals surface area (Å²) in [5.41, 5.74) is 15.0. The van der Waals surface area contributed by atoms with Crippen LogP contribution in [0.25, 0.3) is 0 Å². The monoisotopic (exact) mass is 694 g/mol. The lowest BCUT2D eigenvalue weighted by atomic mass is 9.96. The number of amides is 1. The molecular formula is C35H44ClFN8O2S. The molecule has 4 aliphatic heterocycles. The molecule has 0 bridgehead atoms. The fourth-order valence-corrected chi connectivity index (χ4v) is 9.42. The van der Waals surface area contributed by atoms with Gasteiger partial charge in [-0.3, -0.25) is 14.4 Å². The predicted octanol–water partition coefficient (Wildman–Crippen LogP) is 6.11. The summed E-state index contributed by atoms with van der Waals surface area (Å²) in [6.45, 7) is 6.24. The number of hydrogen-bond donors (Lipinski definition) is 2. The Labute approximate surface area is 290 Å². The van der Waals surface area contributed by atoms with Crippen molar-refractivity contribution in [1.29, 1.82) is 0 Å². The maximum absolute atomic E-state index is 12.4. The number of nitrogens with one attached hydrogen (secondary N) is 1. The molecule has 3 aromatic rings. The number of thioether (sulfide) groups is 1. The largest absolute Gasteiger partial charge is 0.467 e. The van der Waals surface area contributed by atoms with E-state index >= 15 is 0 Å². The van der Waals surface area contributed by atoms with Crippen molar-refractivity contribution in [2.24, 2.45) is 0 Å². The van der Waals surface area contributed by atoms with Gasteiger partial charge in [0.1, 0.15) is 5.82 Å². The summed E-state index contributed by atoms with van der Waals surface area (Å²) in [6.07, 6.45) is 8.37. The van der Waals surface area contributed by atoms with Gasteiger partial charge in [-0.25, -0.2) is 4.39 Å². The van der Waals surface area contributed by atoms with Crippen LogP contribution in [0.3, 0.4) is 0 Å². The number of aryl methyl sites for hydroxylation is 1. The maximum Gasteiger partial charge on any atom is 0.318 e. The molecular weight excluding hydrogens is 651 g/mol. The van der Waals surface area contributed by atoms with Gasteiger partial charge >= 0.3 is 6.01 Å². The molecule has 13 heteroatoms. The smallest absolute Gasteiger partial charge is 0.318 e. The second kappa shape index (κ2) is 13.9. The summed E-state index contributed by atoms with van der Waals surface area (Å²) >= 11 is 8.59. The number of methoxy groups -OCH3 is 1. The summed E-state index contributed by atoms with van der Waals surface area (Å²) in [7, 11) is 3.25. The van der Waals surface area contributed by atoms with Gasteiger partial charge in [0.2, 0.25) is 0 Å². The van der Waals surface area contributed by atoms with E-state index in [1.165, 1.54) is 43.4 Å². The lowest BCUT2D eigenvalue weighted by Gasteiger charge is -2.31. The van der Waals surface area contributed by atoms with Crippen molar-refractivity contribution in [2.75, 3.05) is 44.4 Å². The van der Waals surface area contributed by atoms with Gasteiger partial charge in [-0.05, 0) is 86.7 Å². The van der Waals surface area contributed by atoms with Crippen LogP contribution in [-0.2, 0) is 25.3 Å². The summed E-state index contributed by atoms with van der Waals surface area (Å²) in [5.74, 6) is 2.06. The average molecular weight is 695 g/mol. The first-order valence-corrected chi connectivity index (χ1v) is 18.4. The highest BCUT2D eigenvalue weighted by Crippen LogP contribution is 2.52. The number of fused-ring (bicyclic) bond motifs is 3. The molecule has 256 valence electrons. The average Bonchev–Trinajstić information content (AvgIpc) is 3.66. The Morgan fingerprint density at radius 2 is 1.98 bits per heavy atom. The van der Waals surface area contributed by atoms with Gasteiger partial charge in [0, 0.05) is 72.0 Å². The molecule has 1 aromatic carbocycles. The third-order valence-electron chi connectivity index (χ3n) is 10.3. The quantitative estimate of drug-likeness (QED) is 0.305. The molecule has 8 rings (SSSR count). The molecule has 0 spiro atoms. The van der Waals surface area contributed by atoms with E-state index in [1.54, 1.807) is 14.2 Å². The second-order valence-electron chi connectivity index (χ2n) is 13.5. The van der Waals surface area contributed by atoms with Crippen LogP contribution < -0.4 is 20.7 Å². The molecule has 0 radical (unpaired) electrons. The first kappa shape index (κ1) is 33.2. The van der Waals surface area contributed by atoms with Crippen LogP contribution in [0, 0.1) is 6.92 Å². The van der Waals surface area contributed by atoms with Crippen LogP contribution in [0.1, 0.15) is 93.8 Å². The molecule has 5 aliphatic rings. The molecule has 10 nitrogen and oxygen atoms in total. The third kappa shape index (κ3) is 6.50. The van der Waals surface area contributed by atoms with Crippen LogP contribution in [0.15, 0.2) is 24.0 Å². The summed E-state index contributed by atoms with van der Waals surface area (Å²) in [4.78, 5) is 26.7. The minimum atomic E-state index is -0.162. The van der Waals surface area contributed by atoms with Gasteiger partial charge in [-0.1, -0.05) is 11.6 Å². The van der Waals surface area contributed by atoms with E-state index in [0.717, 1.165) is 89.9 Å². The number of hydrogen-bond acceptors (Lipinski definition) is 9. The minimum absolute atomic E-state index is 0.162. The summed E-state index contributed by atoms with van der Waals surface area (Å²) < 4.78 is 19.6. The van der Waals surface area contributed by atoms with Gasteiger partial charge in [0.05, 0.1) is 31.4 Å². The van der Waals surface area contributed by atoms with Gasteiger partial charge in [-0.2, -0.15) is 15.1 Å². The third-order valence-corrected chi connectivity index (χ3v) is 11.9. The Kier molecular flexibility index (Phi) is 9.59. The Morgan fingerprint density at radius 3 is 2.71 bits per heavy atom. The lowest BCUT2D eigenvalue weighted by molar-refractivity contribution is 0.0956. The highest BCUT2D eigenvalue weighted by molar-refractivity contribution is 7.98. The van der Waals surface area contributed by atoms with E-state index in [-0.39, 0.29) is 11.2 Å². The zero-order valence-corrected chi connectivity index (χ0v) is 29.5. The molecule has 3 fully saturated rings. The van der Waals surface area contributed by atoms with Crippen LogP contribution >= 0.6 is 23.4 Å². The van der Waals surface area contributed by atoms with E-state index in [0.29, 0.717) is 35.9 Å². The maximum atomic E-state index is 12.4. The second-order valence-corrected chi connectivity index (χ2v) is 15.1. The summed E-state index contributed by atoms with van der Waals surface area (Å²) in [5, 5.41) is 8.31. The number of ether oxygens (including phenoxy) is 1. The fourth-order valence-electron chi connectivity index (χ4n) is 7.71. The number of carbonyl (C=O) groups is 1. The number of anilines is 2. The minimum Gasteiger partial charge on any atom is -0.467 e. The standard InChI is InChI=1S/C27H32ClN7O2S.C8H12FN/c1-14-21-12-34(7-4-8-35(21)33-24(14)26(36)30-2)25-18-13-38-22(11-20(18)31-27(32-25)37-3)17-9-16(29)10-19(28)23(17)15-5-6-15;9-5-7-4-8-2-1-3-10(8)6-7/h9-10,15,22H,4-8,11-13,29H2,1-3H3,(H,30,36);5,8H,1-4,6H2/b;7-5-. The normalized spacial score (nSPS) is 22.8. The molecule has 1 aliphatic carbocycles. The zero-order valence-electron chi connectivity index (χ0n) is 27.9. The van der Waals surface area contributed by atoms with Crippen LogP contribution in [0.5, 0.6) is 6.01 Å². The van der Waals surface area contributed by atoms with Crippen molar-refractivity contribution >= 4 is 40.8 Å². The molecule has 2 unspecified atom stereocenters. The number of rotatable bonds is 5. The van der Waals surface area contributed by atoms with Gasteiger partial charge < -0.3 is 20.7 Å². The topological polar surface area (TPSA) is 114 Å². The lowest BCUT2D eigenvalue weighted by Crippen LogP contribution is -2.27. The number of nitrogens with zero attached hydrogens (tertiary/aromatic N) is 6. The van der Waals surface area contributed by atoms with Crippen molar-refractivity contribution in [3.8, 4) is 6.01 Å². The number of nitrogen functional groups attached to an aromatic ring is 1. The molecule has 3 N–H and O–H groups in total. The van der Waals surface area contributed by atoms with Gasteiger partial charge in [-0.15, -0.1) is 11.8 Å². The van der Waals surface area contributed by atoms with Crippen LogP contribution in [-0.4, -0.2) is 70.4 Å². The molecule has 1 amide bonds. The number of benzene rings is 1. The van der Waals surface area contributed by atoms with E-state index in [9.17, 15) is 9.18 Å². The van der Waals surface area contributed by atoms with Crippen molar-refractivity contribution < 1.29 is 13.9 Å². The van der Waals surface area contributed by atoms with E-state index in [4.69, 9.17) is 32.0 Å². The van der Waals surface area contributed by atoms with Crippen molar-refractivity contribution in [3.05, 3.63) is 68.4 Å². The number of aromatic nitrogens is 4. The molecule has 6 heterocycles. The van der Waals surface area contributed by atoms with Crippen molar-refractivity contribution in [1.82, 2.24) is 30.0 Å². The van der Waals surface area contributed by atoms with Crippen molar-refractivity contribution in [2.45, 2.75) is 87.9 Å². The highest BCUT2D eigenvalue weighted by Gasteiger charge is 2.35. The first-order valence-electron chi connectivity index (χ1n) is 17.0. The number of halogens is 2. The van der Waals surface area contributed by atoms with Gasteiger partial charge in [0.25, 0.3) is 5.91 Å². The summed E-state index contributed by atoms with van der Waals surface area (Å²) in [6, 6.07) is 5.04. The van der Waals surface area contributed by atoms with E-state index in [2.05, 4.69) is 26.3 Å². The Morgan fingerprint density at radius 1 is 1.15 bits per heavy atom. The highest BCUT2D eigenvalue weighted by atomic mass is 35.5. The number of carbonyl (C=O) groups excluding carboxylic acids is 1. The van der Waals surface area contributed by atoms with Gasteiger partial charge in [0.15, 0.2) is 5.69 Å². The first-order chi connectivity index (χ1) is 23.3. The Balaban J connectivity index is 0.000000310. The van der Waals surface area contributed by atoms with Crippen LogP contribution in [0.2, 0.25) is 5.02 Å². The number of nitrogens with two attached hydrogens (primary N) is 1. The molecule has 2 aromatic heterocycles. The zero-order chi connectivity index (χ0) is 33.5. The Hall–Kier alpha value is -3.35. The SMILES string of the molecule is CNC(=O)c1nn2c(c1C)CN(c1nc(OC)nc3c1CSC(c1cc(N)cc(Cl)c1C1CC1)C3)CCC2.F/C=C1/CC2CCCN2C1. The van der Waals surface area contributed by atoms with E-state index in [1.807, 2.05) is 29.4 Å². The molecule has 2 saturated heterocycles. The van der Waals surface area contributed by atoms with Crippen molar-refractivity contribution in [3.63, 3.8) is 0 Å². The van der Waals surface area contributed by atoms with Crippen LogP contribution in [0.4, 0.5) is 15.9 Å². The Bertz CT molecular complexity index is 1730. The molecule has 48 heavy (non-hydrogen) atoms. The molecule has 1 saturated carbocycles. The van der Waals surface area contributed by atoms with E-state index < -0.39 is 0 Å².